The van der Waals surface area contributed by atoms with Crippen LogP contribution >= 0.6 is 27.5 Å². The Labute approximate surface area is 128 Å². The molecule has 0 bridgehead atoms. The van der Waals surface area contributed by atoms with Crippen LogP contribution in [0.2, 0.25) is 5.02 Å². The van der Waals surface area contributed by atoms with Crippen LogP contribution in [-0.2, 0) is 0 Å². The van der Waals surface area contributed by atoms with Crippen molar-refractivity contribution in [2.45, 2.75) is 0 Å². The van der Waals surface area contributed by atoms with Crippen LogP contribution < -0.4 is 5.73 Å². The highest BCUT2D eigenvalue weighted by atomic mass is 79.9. The van der Waals surface area contributed by atoms with Crippen molar-refractivity contribution in [2.24, 2.45) is 0 Å². The molecule has 0 aliphatic rings. The summed E-state index contributed by atoms with van der Waals surface area (Å²) in [4.78, 5) is 4.38. The maximum atomic E-state index is 5.99. The third kappa shape index (κ3) is 2.42. The van der Waals surface area contributed by atoms with Crippen molar-refractivity contribution in [1.82, 2.24) is 10.1 Å². The second-order valence-corrected chi connectivity index (χ2v) is 5.40. The van der Waals surface area contributed by atoms with Gasteiger partial charge in [0.05, 0.1) is 10.7 Å². The van der Waals surface area contributed by atoms with Crippen LogP contribution in [0.1, 0.15) is 0 Å². The number of nitrogens with two attached hydrogens (primary N) is 1. The summed E-state index contributed by atoms with van der Waals surface area (Å²) in [5.41, 5.74) is 7.79. The van der Waals surface area contributed by atoms with Crippen molar-refractivity contribution >= 4 is 33.2 Å². The summed E-state index contributed by atoms with van der Waals surface area (Å²) in [6.07, 6.45) is 0. The maximum absolute atomic E-state index is 5.99. The summed E-state index contributed by atoms with van der Waals surface area (Å²) in [6, 6.07) is 12.9. The molecule has 0 radical (unpaired) electrons. The van der Waals surface area contributed by atoms with Gasteiger partial charge in [-0.05, 0) is 30.3 Å². The van der Waals surface area contributed by atoms with E-state index in [1.165, 1.54) is 0 Å². The number of aromatic nitrogens is 2. The Hall–Kier alpha value is -1.85. The molecule has 3 rings (SSSR count). The van der Waals surface area contributed by atoms with Gasteiger partial charge in [0.25, 0.3) is 5.89 Å². The van der Waals surface area contributed by atoms with Gasteiger partial charge in [0.1, 0.15) is 0 Å². The van der Waals surface area contributed by atoms with Crippen molar-refractivity contribution in [3.63, 3.8) is 0 Å². The molecule has 100 valence electrons. The van der Waals surface area contributed by atoms with E-state index >= 15 is 0 Å². The van der Waals surface area contributed by atoms with E-state index in [0.29, 0.717) is 22.4 Å². The zero-order valence-corrected chi connectivity index (χ0v) is 12.5. The van der Waals surface area contributed by atoms with Crippen LogP contribution in [0.5, 0.6) is 0 Å². The molecule has 0 aliphatic heterocycles. The lowest BCUT2D eigenvalue weighted by Crippen LogP contribution is -1.87. The normalized spacial score (nSPS) is 10.7. The summed E-state index contributed by atoms with van der Waals surface area (Å²) in [5, 5.41) is 4.45. The molecule has 1 heterocycles. The Balaban J connectivity index is 2.02. The van der Waals surface area contributed by atoms with Gasteiger partial charge in [0.15, 0.2) is 0 Å². The van der Waals surface area contributed by atoms with E-state index in [1.807, 2.05) is 24.3 Å². The van der Waals surface area contributed by atoms with Crippen molar-refractivity contribution in [2.75, 3.05) is 5.73 Å². The van der Waals surface area contributed by atoms with Crippen molar-refractivity contribution in [1.29, 1.82) is 0 Å². The Bertz CT molecular complexity index is 773. The summed E-state index contributed by atoms with van der Waals surface area (Å²) in [6.45, 7) is 0. The number of hydrogen-bond donors (Lipinski definition) is 1. The highest BCUT2D eigenvalue weighted by molar-refractivity contribution is 9.10. The van der Waals surface area contributed by atoms with Crippen LogP contribution in [-0.4, -0.2) is 10.1 Å². The topological polar surface area (TPSA) is 64.9 Å². The fourth-order valence-electron chi connectivity index (χ4n) is 1.75. The first-order chi connectivity index (χ1) is 9.65. The van der Waals surface area contributed by atoms with Gasteiger partial charge in [-0.1, -0.05) is 44.8 Å². The lowest BCUT2D eigenvalue weighted by atomic mass is 10.2. The predicted molar refractivity (Wildman–Crippen MR) is 82.3 cm³/mol. The van der Waals surface area contributed by atoms with Gasteiger partial charge in [-0.25, -0.2) is 0 Å². The van der Waals surface area contributed by atoms with Gasteiger partial charge >= 0.3 is 0 Å². The van der Waals surface area contributed by atoms with Crippen molar-refractivity contribution in [3.8, 4) is 22.8 Å². The predicted octanol–water partition coefficient (Wildman–Crippen LogP) is 4.40. The number of hydrogen-bond acceptors (Lipinski definition) is 4. The molecule has 0 amide bonds. The molecule has 3 aromatic rings. The molecule has 0 saturated carbocycles. The Morgan fingerprint density at radius 3 is 2.70 bits per heavy atom. The third-order valence-electron chi connectivity index (χ3n) is 2.79. The average molecular weight is 351 g/mol. The van der Waals surface area contributed by atoms with Crippen LogP contribution in [0.4, 0.5) is 5.69 Å². The Kier molecular flexibility index (Phi) is 3.46. The lowest BCUT2D eigenvalue weighted by Gasteiger charge is -1.99. The molecule has 0 fully saturated rings. The summed E-state index contributed by atoms with van der Waals surface area (Å²) < 4.78 is 6.18. The van der Waals surface area contributed by atoms with Gasteiger partial charge in [0, 0.05) is 15.6 Å². The van der Waals surface area contributed by atoms with E-state index in [1.54, 1.807) is 18.2 Å². The number of halogens is 2. The minimum Gasteiger partial charge on any atom is -0.398 e. The fraction of sp³-hybridized carbons (Fsp3) is 0. The molecule has 2 aromatic carbocycles. The highest BCUT2D eigenvalue weighted by Gasteiger charge is 2.13. The molecular formula is C14H9BrClN3O. The van der Waals surface area contributed by atoms with Gasteiger partial charge < -0.3 is 10.3 Å². The van der Waals surface area contributed by atoms with E-state index < -0.39 is 0 Å². The highest BCUT2D eigenvalue weighted by Crippen LogP contribution is 2.30. The molecule has 6 heteroatoms. The van der Waals surface area contributed by atoms with Gasteiger partial charge in [-0.15, -0.1) is 0 Å². The first-order valence-electron chi connectivity index (χ1n) is 5.79. The summed E-state index contributed by atoms with van der Waals surface area (Å²) in [7, 11) is 0. The first-order valence-corrected chi connectivity index (χ1v) is 6.96. The van der Waals surface area contributed by atoms with E-state index in [0.717, 1.165) is 15.6 Å². The van der Waals surface area contributed by atoms with E-state index in [9.17, 15) is 0 Å². The second kappa shape index (κ2) is 5.26. The molecule has 0 atom stereocenters. The Morgan fingerprint density at radius 1 is 1.15 bits per heavy atom. The SMILES string of the molecule is Nc1ccc(-c2nc(-c3ccccc3Br)no2)cc1Cl. The number of benzene rings is 2. The van der Waals surface area contributed by atoms with Crippen LogP contribution in [0.15, 0.2) is 51.5 Å². The van der Waals surface area contributed by atoms with Gasteiger partial charge in [0.2, 0.25) is 5.82 Å². The number of nitrogens with zero attached hydrogens (tertiary/aromatic N) is 2. The van der Waals surface area contributed by atoms with E-state index in [2.05, 4.69) is 26.1 Å². The Morgan fingerprint density at radius 2 is 1.95 bits per heavy atom. The van der Waals surface area contributed by atoms with E-state index in [-0.39, 0.29) is 0 Å². The van der Waals surface area contributed by atoms with Crippen LogP contribution in [0, 0.1) is 0 Å². The number of anilines is 1. The van der Waals surface area contributed by atoms with Crippen LogP contribution in [0.25, 0.3) is 22.8 Å². The summed E-state index contributed by atoms with van der Waals surface area (Å²) in [5.74, 6) is 0.915. The molecule has 4 nitrogen and oxygen atoms in total. The molecular weight excluding hydrogens is 342 g/mol. The van der Waals surface area contributed by atoms with Gasteiger partial charge in [-0.2, -0.15) is 4.98 Å². The lowest BCUT2D eigenvalue weighted by molar-refractivity contribution is 0.432. The molecule has 2 N–H and O–H groups in total. The van der Waals surface area contributed by atoms with E-state index in [4.69, 9.17) is 21.9 Å². The first kappa shape index (κ1) is 13.1. The molecule has 0 aliphatic carbocycles. The minimum absolute atomic E-state index is 0.401. The second-order valence-electron chi connectivity index (χ2n) is 4.14. The fourth-order valence-corrected chi connectivity index (χ4v) is 2.40. The third-order valence-corrected chi connectivity index (χ3v) is 3.81. The zero-order valence-electron chi connectivity index (χ0n) is 10.2. The smallest absolute Gasteiger partial charge is 0.258 e. The standard InChI is InChI=1S/C14H9BrClN3O/c15-10-4-2-1-3-9(10)13-18-14(20-19-13)8-5-6-12(17)11(16)7-8/h1-7H,17H2. The van der Waals surface area contributed by atoms with Crippen LogP contribution in [0.3, 0.4) is 0 Å². The molecule has 0 saturated heterocycles. The number of nitrogen functional groups attached to an aromatic ring is 1. The molecule has 20 heavy (non-hydrogen) atoms. The quantitative estimate of drug-likeness (QED) is 0.696. The maximum Gasteiger partial charge on any atom is 0.258 e. The molecule has 0 unspecified atom stereocenters. The minimum atomic E-state index is 0.401. The van der Waals surface area contributed by atoms with Gasteiger partial charge in [-0.3, -0.25) is 0 Å². The van der Waals surface area contributed by atoms with Crippen molar-refractivity contribution in [3.05, 3.63) is 52.0 Å². The summed E-state index contributed by atoms with van der Waals surface area (Å²) >= 11 is 9.45. The monoisotopic (exact) mass is 349 g/mol. The number of rotatable bonds is 2. The zero-order chi connectivity index (χ0) is 14.1. The molecule has 0 spiro atoms. The largest absolute Gasteiger partial charge is 0.398 e. The average Bonchev–Trinajstić information content (AvgIpc) is 2.92. The van der Waals surface area contributed by atoms with Crippen molar-refractivity contribution < 1.29 is 4.52 Å². The molecule has 1 aromatic heterocycles.